The molecule has 0 fully saturated rings. The first-order valence-corrected chi connectivity index (χ1v) is 7.58. The molecule has 0 aliphatic carbocycles. The summed E-state index contributed by atoms with van der Waals surface area (Å²) in [5.41, 5.74) is 8.57. The second kappa shape index (κ2) is 8.34. The van der Waals surface area contributed by atoms with E-state index in [2.05, 4.69) is 57.3 Å². The average molecular weight is 262 g/mol. The zero-order valence-electron chi connectivity index (χ0n) is 12.9. The summed E-state index contributed by atoms with van der Waals surface area (Å²) >= 11 is 0. The third kappa shape index (κ3) is 5.33. The van der Waals surface area contributed by atoms with E-state index in [0.717, 1.165) is 19.6 Å². The summed E-state index contributed by atoms with van der Waals surface area (Å²) in [5, 5.41) is 3.52. The van der Waals surface area contributed by atoms with Crippen molar-refractivity contribution >= 4 is 0 Å². The Balaban J connectivity index is 2.41. The molecule has 19 heavy (non-hydrogen) atoms. The molecule has 1 aromatic rings. The van der Waals surface area contributed by atoms with E-state index in [1.165, 1.54) is 17.5 Å². The molecule has 0 heterocycles. The lowest BCUT2D eigenvalue weighted by Gasteiger charge is -2.19. The van der Waals surface area contributed by atoms with Crippen molar-refractivity contribution in [2.45, 2.75) is 46.6 Å². The molecule has 1 rings (SSSR count). The van der Waals surface area contributed by atoms with Gasteiger partial charge in [-0.25, -0.2) is 0 Å². The van der Waals surface area contributed by atoms with Gasteiger partial charge in [-0.15, -0.1) is 0 Å². The van der Waals surface area contributed by atoms with Crippen LogP contribution in [0.3, 0.4) is 0 Å². The van der Waals surface area contributed by atoms with E-state index >= 15 is 0 Å². The maximum absolute atomic E-state index is 5.78. The second-order valence-corrected chi connectivity index (χ2v) is 5.92. The Bertz CT molecular complexity index is 343. The molecule has 1 aromatic carbocycles. The van der Waals surface area contributed by atoms with Crippen molar-refractivity contribution in [1.82, 2.24) is 5.32 Å². The number of nitrogens with one attached hydrogen (secondary N) is 1. The van der Waals surface area contributed by atoms with Gasteiger partial charge in [0.1, 0.15) is 0 Å². The molecule has 2 unspecified atom stereocenters. The fourth-order valence-corrected chi connectivity index (χ4v) is 2.19. The van der Waals surface area contributed by atoms with Crippen molar-refractivity contribution < 1.29 is 0 Å². The van der Waals surface area contributed by atoms with Gasteiger partial charge in [0.25, 0.3) is 0 Å². The molecule has 0 radical (unpaired) electrons. The van der Waals surface area contributed by atoms with E-state index < -0.39 is 0 Å². The van der Waals surface area contributed by atoms with Gasteiger partial charge < -0.3 is 11.1 Å². The lowest BCUT2D eigenvalue weighted by atomic mass is 9.96. The quantitative estimate of drug-likeness (QED) is 0.752. The van der Waals surface area contributed by atoms with Gasteiger partial charge in [0, 0.05) is 6.54 Å². The van der Waals surface area contributed by atoms with Crippen molar-refractivity contribution in [2.24, 2.45) is 17.6 Å². The molecule has 0 bridgehead atoms. The number of hydrogen-bond donors (Lipinski definition) is 2. The fraction of sp³-hybridized carbons (Fsp3) is 0.647. The summed E-state index contributed by atoms with van der Waals surface area (Å²) in [7, 11) is 0. The molecule has 0 amide bonds. The van der Waals surface area contributed by atoms with Crippen molar-refractivity contribution in [3.8, 4) is 0 Å². The highest BCUT2D eigenvalue weighted by Crippen LogP contribution is 2.18. The molecule has 0 saturated heterocycles. The van der Waals surface area contributed by atoms with Gasteiger partial charge in [0.2, 0.25) is 0 Å². The molecule has 0 saturated carbocycles. The van der Waals surface area contributed by atoms with Crippen LogP contribution < -0.4 is 11.1 Å². The van der Waals surface area contributed by atoms with Gasteiger partial charge in [0.05, 0.1) is 0 Å². The van der Waals surface area contributed by atoms with Crippen molar-refractivity contribution in [1.29, 1.82) is 0 Å². The standard InChI is InChI=1S/C17H30N2/c1-5-14(4)16-8-6-15(7-9-16)11-19-12-17(10-18)13(2)3/h6-9,13-14,17,19H,5,10-12,18H2,1-4H3. The van der Waals surface area contributed by atoms with Crippen LogP contribution in [0.2, 0.25) is 0 Å². The minimum absolute atomic E-state index is 0.569. The third-order valence-electron chi connectivity index (χ3n) is 4.14. The van der Waals surface area contributed by atoms with E-state index in [-0.39, 0.29) is 0 Å². The predicted octanol–water partition coefficient (Wildman–Crippen LogP) is 3.52. The van der Waals surface area contributed by atoms with Crippen LogP contribution in [0.1, 0.15) is 51.2 Å². The van der Waals surface area contributed by atoms with Crippen molar-refractivity contribution in [3.05, 3.63) is 35.4 Å². The second-order valence-electron chi connectivity index (χ2n) is 5.92. The maximum Gasteiger partial charge on any atom is 0.0205 e. The Morgan fingerprint density at radius 1 is 1.11 bits per heavy atom. The van der Waals surface area contributed by atoms with Crippen LogP contribution in [0.4, 0.5) is 0 Å². The number of nitrogens with two attached hydrogens (primary N) is 1. The van der Waals surface area contributed by atoms with E-state index in [4.69, 9.17) is 5.73 Å². The number of hydrogen-bond acceptors (Lipinski definition) is 2. The minimum Gasteiger partial charge on any atom is -0.330 e. The number of rotatable bonds is 8. The van der Waals surface area contributed by atoms with E-state index in [1.807, 2.05) is 0 Å². The van der Waals surface area contributed by atoms with Gasteiger partial charge >= 0.3 is 0 Å². The number of benzene rings is 1. The monoisotopic (exact) mass is 262 g/mol. The summed E-state index contributed by atoms with van der Waals surface area (Å²) < 4.78 is 0. The Labute approximate surface area is 118 Å². The zero-order chi connectivity index (χ0) is 14.3. The van der Waals surface area contributed by atoms with Gasteiger partial charge in [-0.2, -0.15) is 0 Å². The third-order valence-corrected chi connectivity index (χ3v) is 4.14. The smallest absolute Gasteiger partial charge is 0.0205 e. The predicted molar refractivity (Wildman–Crippen MR) is 84.2 cm³/mol. The summed E-state index contributed by atoms with van der Waals surface area (Å²) in [6.07, 6.45) is 1.20. The van der Waals surface area contributed by atoms with Crippen LogP contribution in [-0.2, 0) is 6.54 Å². The molecule has 108 valence electrons. The summed E-state index contributed by atoms with van der Waals surface area (Å²) in [5.74, 6) is 1.87. The molecule has 0 spiro atoms. The van der Waals surface area contributed by atoms with E-state index in [0.29, 0.717) is 17.8 Å². The Kier molecular flexibility index (Phi) is 7.11. The molecule has 0 aliphatic heterocycles. The fourth-order valence-electron chi connectivity index (χ4n) is 2.19. The molecule has 2 atom stereocenters. The maximum atomic E-state index is 5.78. The molecule has 0 aliphatic rings. The lowest BCUT2D eigenvalue weighted by Crippen LogP contribution is -2.31. The topological polar surface area (TPSA) is 38.0 Å². The normalized spacial score (nSPS) is 14.6. The summed E-state index contributed by atoms with van der Waals surface area (Å²) in [6, 6.07) is 8.99. The zero-order valence-corrected chi connectivity index (χ0v) is 12.9. The lowest BCUT2D eigenvalue weighted by molar-refractivity contribution is 0.370. The van der Waals surface area contributed by atoms with E-state index in [1.54, 1.807) is 0 Å². The van der Waals surface area contributed by atoms with Gasteiger partial charge in [-0.3, -0.25) is 0 Å². The highest BCUT2D eigenvalue weighted by atomic mass is 14.9. The van der Waals surface area contributed by atoms with Gasteiger partial charge in [-0.1, -0.05) is 52.0 Å². The summed E-state index contributed by atoms with van der Waals surface area (Å²) in [4.78, 5) is 0. The first-order chi connectivity index (χ1) is 9.08. The van der Waals surface area contributed by atoms with Crippen molar-refractivity contribution in [3.63, 3.8) is 0 Å². The van der Waals surface area contributed by atoms with E-state index in [9.17, 15) is 0 Å². The van der Waals surface area contributed by atoms with Crippen LogP contribution in [-0.4, -0.2) is 13.1 Å². The molecule has 3 N–H and O–H groups in total. The Morgan fingerprint density at radius 2 is 1.74 bits per heavy atom. The largest absolute Gasteiger partial charge is 0.330 e. The SMILES string of the molecule is CCC(C)c1ccc(CNCC(CN)C(C)C)cc1. The molecular formula is C17H30N2. The molecule has 2 heteroatoms. The molecular weight excluding hydrogens is 232 g/mol. The molecule has 0 aromatic heterocycles. The Morgan fingerprint density at radius 3 is 2.21 bits per heavy atom. The highest BCUT2D eigenvalue weighted by molar-refractivity contribution is 5.24. The van der Waals surface area contributed by atoms with Crippen LogP contribution >= 0.6 is 0 Å². The summed E-state index contributed by atoms with van der Waals surface area (Å²) in [6.45, 7) is 11.7. The first kappa shape index (κ1) is 16.2. The van der Waals surface area contributed by atoms with Crippen molar-refractivity contribution in [2.75, 3.05) is 13.1 Å². The minimum atomic E-state index is 0.569. The molecule has 2 nitrogen and oxygen atoms in total. The van der Waals surface area contributed by atoms with Crippen LogP contribution in [0, 0.1) is 11.8 Å². The highest BCUT2D eigenvalue weighted by Gasteiger charge is 2.10. The first-order valence-electron chi connectivity index (χ1n) is 7.58. The van der Waals surface area contributed by atoms with Gasteiger partial charge in [0.15, 0.2) is 0 Å². The average Bonchev–Trinajstić information content (AvgIpc) is 2.43. The van der Waals surface area contributed by atoms with Crippen LogP contribution in [0.15, 0.2) is 24.3 Å². The van der Waals surface area contributed by atoms with Crippen LogP contribution in [0.25, 0.3) is 0 Å². The Hall–Kier alpha value is -0.860. The van der Waals surface area contributed by atoms with Gasteiger partial charge in [-0.05, 0) is 48.4 Å². The van der Waals surface area contributed by atoms with Crippen LogP contribution in [0.5, 0.6) is 0 Å².